The Morgan fingerprint density at radius 3 is 2.48 bits per heavy atom. The highest BCUT2D eigenvalue weighted by Gasteiger charge is 2.32. The van der Waals surface area contributed by atoms with Gasteiger partial charge in [-0.2, -0.15) is 0 Å². The molecule has 3 aromatic rings. The molecule has 2 aliphatic heterocycles. The minimum atomic E-state index is -0.285. The Kier molecular flexibility index (Phi) is 5.92. The number of benzene rings is 2. The van der Waals surface area contributed by atoms with Crippen molar-refractivity contribution < 1.29 is 18.7 Å². The normalized spacial score (nSPS) is 18.6. The number of amides is 2. The molecule has 0 aliphatic carbocycles. The number of hydrogen-bond donors (Lipinski definition) is 1. The van der Waals surface area contributed by atoms with Crippen LogP contribution >= 0.6 is 0 Å². The molecule has 1 atom stereocenters. The number of carbonyl (C=O) groups is 2. The Hall–Kier alpha value is -3.52. The number of likely N-dealkylation sites (tertiary alicyclic amines) is 1. The number of ether oxygens (including phenoxy) is 1. The van der Waals surface area contributed by atoms with E-state index in [9.17, 15) is 14.0 Å². The van der Waals surface area contributed by atoms with Crippen LogP contribution in [-0.4, -0.2) is 39.4 Å². The largest absolute Gasteiger partial charge is 0.365 e. The fourth-order valence-corrected chi connectivity index (χ4v) is 4.45. The monoisotopic (exact) mass is 448 g/mol. The van der Waals surface area contributed by atoms with Crippen molar-refractivity contribution in [1.82, 2.24) is 14.5 Å². The molecule has 7 nitrogen and oxygen atoms in total. The third-order valence-corrected chi connectivity index (χ3v) is 6.37. The topological polar surface area (TPSA) is 76.5 Å². The molecule has 33 heavy (non-hydrogen) atoms. The first-order valence-corrected chi connectivity index (χ1v) is 11.1. The van der Waals surface area contributed by atoms with Crippen LogP contribution in [0.5, 0.6) is 0 Å². The van der Waals surface area contributed by atoms with Crippen LogP contribution in [0.15, 0.2) is 60.9 Å². The molecule has 0 unspecified atom stereocenters. The van der Waals surface area contributed by atoms with E-state index in [2.05, 4.69) is 10.3 Å². The summed E-state index contributed by atoms with van der Waals surface area (Å²) in [5.74, 6) is -0.542. The van der Waals surface area contributed by atoms with Crippen LogP contribution in [0.3, 0.4) is 0 Å². The maximum atomic E-state index is 13.2. The summed E-state index contributed by atoms with van der Waals surface area (Å²) in [7, 11) is 0. The number of para-hydroxylation sites is 1. The zero-order valence-electron chi connectivity index (χ0n) is 18.1. The van der Waals surface area contributed by atoms with E-state index in [0.29, 0.717) is 38.2 Å². The van der Waals surface area contributed by atoms with Crippen molar-refractivity contribution in [2.45, 2.75) is 32.1 Å². The molecule has 1 N–H and O–H groups in total. The van der Waals surface area contributed by atoms with Gasteiger partial charge < -0.3 is 19.5 Å². The molecule has 1 fully saturated rings. The number of halogens is 1. The molecule has 1 saturated heterocycles. The van der Waals surface area contributed by atoms with Crippen LogP contribution in [-0.2, 0) is 22.7 Å². The predicted molar refractivity (Wildman–Crippen MR) is 120 cm³/mol. The van der Waals surface area contributed by atoms with Gasteiger partial charge in [0, 0.05) is 24.7 Å². The van der Waals surface area contributed by atoms with E-state index in [-0.39, 0.29) is 36.3 Å². The zero-order valence-corrected chi connectivity index (χ0v) is 18.1. The number of nitrogens with one attached hydrogen (secondary N) is 1. The summed E-state index contributed by atoms with van der Waals surface area (Å²) in [5.41, 5.74) is 2.83. The molecule has 3 heterocycles. The first kappa shape index (κ1) is 21.3. The number of rotatable bonds is 4. The third kappa shape index (κ3) is 4.52. The smallest absolute Gasteiger partial charge is 0.274 e. The quantitative estimate of drug-likeness (QED) is 0.659. The first-order chi connectivity index (χ1) is 16.1. The van der Waals surface area contributed by atoms with Gasteiger partial charge >= 0.3 is 0 Å². The maximum absolute atomic E-state index is 13.2. The Labute approximate surface area is 191 Å². The molecule has 5 rings (SSSR count). The lowest BCUT2D eigenvalue weighted by molar-refractivity contribution is -0.121. The third-order valence-electron chi connectivity index (χ3n) is 6.37. The molecule has 1 aromatic heterocycles. The van der Waals surface area contributed by atoms with Gasteiger partial charge in [-0.25, -0.2) is 9.37 Å². The van der Waals surface area contributed by atoms with E-state index in [4.69, 9.17) is 4.74 Å². The SMILES string of the molecule is O=C(Nc1ccccc1)C1CCN(C(=O)c2ncn3c2CO[C@@H](c2ccc(F)cc2)C3)CC1. The van der Waals surface area contributed by atoms with E-state index < -0.39 is 0 Å². The second-order valence-corrected chi connectivity index (χ2v) is 8.47. The second-order valence-electron chi connectivity index (χ2n) is 8.47. The minimum Gasteiger partial charge on any atom is -0.365 e. The Balaban J connectivity index is 1.19. The first-order valence-electron chi connectivity index (χ1n) is 11.1. The van der Waals surface area contributed by atoms with E-state index in [1.165, 1.54) is 12.1 Å². The van der Waals surface area contributed by atoms with Crippen LogP contribution in [0.4, 0.5) is 10.1 Å². The van der Waals surface area contributed by atoms with Crippen molar-refractivity contribution in [3.8, 4) is 0 Å². The summed E-state index contributed by atoms with van der Waals surface area (Å²) in [6, 6.07) is 15.7. The van der Waals surface area contributed by atoms with E-state index in [0.717, 1.165) is 16.9 Å². The summed E-state index contributed by atoms with van der Waals surface area (Å²) in [5, 5.41) is 2.95. The van der Waals surface area contributed by atoms with Crippen molar-refractivity contribution in [2.24, 2.45) is 5.92 Å². The molecule has 8 heteroatoms. The number of nitrogens with zero attached hydrogens (tertiary/aromatic N) is 3. The fraction of sp³-hybridized carbons (Fsp3) is 0.320. The molecule has 2 amide bonds. The Morgan fingerprint density at radius 2 is 1.76 bits per heavy atom. The molecule has 2 aliphatic rings. The summed E-state index contributed by atoms with van der Waals surface area (Å²) < 4.78 is 21.1. The average molecular weight is 448 g/mol. The lowest BCUT2D eigenvalue weighted by Crippen LogP contribution is -2.42. The highest BCUT2D eigenvalue weighted by molar-refractivity contribution is 5.95. The molecular formula is C25H25FN4O3. The number of hydrogen-bond acceptors (Lipinski definition) is 4. The summed E-state index contributed by atoms with van der Waals surface area (Å²) >= 11 is 0. The number of carbonyl (C=O) groups excluding carboxylic acids is 2. The fourth-order valence-electron chi connectivity index (χ4n) is 4.45. The van der Waals surface area contributed by atoms with Gasteiger partial charge in [0.25, 0.3) is 5.91 Å². The number of anilines is 1. The van der Waals surface area contributed by atoms with Crippen LogP contribution < -0.4 is 5.32 Å². The Morgan fingerprint density at radius 1 is 1.03 bits per heavy atom. The highest BCUT2D eigenvalue weighted by atomic mass is 19.1. The summed E-state index contributed by atoms with van der Waals surface area (Å²) in [4.78, 5) is 31.8. The number of imidazole rings is 1. The van der Waals surface area contributed by atoms with Crippen molar-refractivity contribution in [1.29, 1.82) is 0 Å². The Bertz CT molecular complexity index is 1140. The summed E-state index contributed by atoms with van der Waals surface area (Å²) in [6.45, 7) is 1.80. The number of piperidine rings is 1. The zero-order chi connectivity index (χ0) is 22.8. The molecule has 0 radical (unpaired) electrons. The molecule has 170 valence electrons. The van der Waals surface area contributed by atoms with Crippen LogP contribution in [0, 0.1) is 11.7 Å². The van der Waals surface area contributed by atoms with Gasteiger partial charge in [0.1, 0.15) is 11.9 Å². The lowest BCUT2D eigenvalue weighted by Gasteiger charge is -2.31. The van der Waals surface area contributed by atoms with Crippen molar-refractivity contribution in [3.05, 3.63) is 83.7 Å². The van der Waals surface area contributed by atoms with Crippen LogP contribution in [0.25, 0.3) is 0 Å². The molecule has 0 saturated carbocycles. The molecule has 0 bridgehead atoms. The van der Waals surface area contributed by atoms with Gasteiger partial charge in [0.2, 0.25) is 5.91 Å². The molecule has 2 aromatic carbocycles. The van der Waals surface area contributed by atoms with Gasteiger partial charge in [-0.3, -0.25) is 9.59 Å². The highest BCUT2D eigenvalue weighted by Crippen LogP contribution is 2.29. The van der Waals surface area contributed by atoms with Gasteiger partial charge in [0.05, 0.1) is 25.2 Å². The van der Waals surface area contributed by atoms with Crippen LogP contribution in [0.2, 0.25) is 0 Å². The average Bonchev–Trinajstić information content (AvgIpc) is 3.28. The second kappa shape index (κ2) is 9.15. The van der Waals surface area contributed by atoms with E-state index in [1.807, 2.05) is 34.9 Å². The van der Waals surface area contributed by atoms with Crippen molar-refractivity contribution in [3.63, 3.8) is 0 Å². The standard InChI is InChI=1S/C25H25FN4O3/c26-19-8-6-17(7-9-19)22-14-30-16-27-23(21(30)15-33-22)25(32)29-12-10-18(11-13-29)24(31)28-20-4-2-1-3-5-20/h1-9,16,18,22H,10-15H2,(H,28,31)/t22-/m1/s1. The lowest BCUT2D eigenvalue weighted by atomic mass is 9.95. The van der Waals surface area contributed by atoms with E-state index >= 15 is 0 Å². The number of aromatic nitrogens is 2. The van der Waals surface area contributed by atoms with Crippen LogP contribution in [0.1, 0.15) is 40.7 Å². The predicted octanol–water partition coefficient (Wildman–Crippen LogP) is 3.78. The number of fused-ring (bicyclic) bond motifs is 1. The van der Waals surface area contributed by atoms with Gasteiger partial charge in [-0.1, -0.05) is 30.3 Å². The van der Waals surface area contributed by atoms with Gasteiger partial charge in [-0.15, -0.1) is 0 Å². The van der Waals surface area contributed by atoms with E-state index in [1.54, 1.807) is 23.4 Å². The summed E-state index contributed by atoms with van der Waals surface area (Å²) in [6.07, 6.45) is 2.68. The minimum absolute atomic E-state index is 0.00657. The van der Waals surface area contributed by atoms with Gasteiger partial charge in [-0.05, 0) is 42.7 Å². The molecular weight excluding hydrogens is 423 g/mol. The van der Waals surface area contributed by atoms with Crippen molar-refractivity contribution >= 4 is 17.5 Å². The molecule has 0 spiro atoms. The van der Waals surface area contributed by atoms with Crippen molar-refractivity contribution in [2.75, 3.05) is 18.4 Å². The van der Waals surface area contributed by atoms with Gasteiger partial charge in [0.15, 0.2) is 5.69 Å². The maximum Gasteiger partial charge on any atom is 0.274 e.